The summed E-state index contributed by atoms with van der Waals surface area (Å²) in [6.07, 6.45) is 4.37. The van der Waals surface area contributed by atoms with Crippen LogP contribution in [-0.2, 0) is 6.42 Å². The Bertz CT molecular complexity index is 2010. The predicted octanol–water partition coefficient (Wildman–Crippen LogP) is 5.05. The van der Waals surface area contributed by atoms with Crippen molar-refractivity contribution in [2.75, 3.05) is 5.73 Å². The Kier molecular flexibility index (Phi) is 6.50. The molecule has 1 aromatic carbocycles. The van der Waals surface area contributed by atoms with Gasteiger partial charge in [-0.1, -0.05) is 6.07 Å². The van der Waals surface area contributed by atoms with Gasteiger partial charge in [0.25, 0.3) is 12.3 Å². The van der Waals surface area contributed by atoms with Gasteiger partial charge >= 0.3 is 0 Å². The van der Waals surface area contributed by atoms with Gasteiger partial charge in [-0.25, -0.2) is 38.4 Å². The molecule has 0 fully saturated rings. The second kappa shape index (κ2) is 10.5. The second-order valence-electron chi connectivity index (χ2n) is 9.86. The third-order valence-corrected chi connectivity index (χ3v) is 7.50. The Hall–Kier alpha value is -5.30. The molecule has 0 aliphatic heterocycles. The molecule has 0 radical (unpaired) electrons. The Morgan fingerprint density at radius 3 is 2.74 bits per heavy atom. The number of hydrogen-bond donors (Lipinski definition) is 2. The van der Waals surface area contributed by atoms with E-state index in [4.69, 9.17) is 27.3 Å². The van der Waals surface area contributed by atoms with Crippen molar-refractivity contribution in [3.8, 4) is 22.9 Å². The van der Waals surface area contributed by atoms with Gasteiger partial charge in [0.05, 0.1) is 17.2 Å². The molecule has 0 bridgehead atoms. The molecule has 0 saturated carbocycles. The number of nitrogens with one attached hydrogen (secondary N) is 1. The number of benzene rings is 1. The molecule has 5 aromatic heterocycles. The molecular weight excluding hydrogens is 578 g/mol. The number of rotatable bonds is 6. The monoisotopic (exact) mass is 598 g/mol. The number of pyridine rings is 2. The van der Waals surface area contributed by atoms with Gasteiger partial charge in [0.2, 0.25) is 5.28 Å². The topological polar surface area (TPSA) is 142 Å². The van der Waals surface area contributed by atoms with E-state index in [2.05, 4.69) is 25.4 Å². The summed E-state index contributed by atoms with van der Waals surface area (Å²) in [5.41, 5.74) is 9.78. The number of carbonyl (C=O) groups is 1. The highest BCUT2D eigenvalue weighted by atomic mass is 35.5. The molecule has 214 valence electrons. The number of carbonyl (C=O) groups excluding carboxylic acids is 1. The normalized spacial score (nSPS) is 14.4. The number of nitrogens with two attached hydrogens (primary N) is 1. The van der Waals surface area contributed by atoms with Gasteiger partial charge < -0.3 is 11.1 Å². The van der Waals surface area contributed by atoms with E-state index in [9.17, 15) is 13.6 Å². The molecule has 0 unspecified atom stereocenters. The molecule has 43 heavy (non-hydrogen) atoms. The Morgan fingerprint density at radius 1 is 1.07 bits per heavy atom. The van der Waals surface area contributed by atoms with Crippen molar-refractivity contribution in [2.24, 2.45) is 0 Å². The van der Waals surface area contributed by atoms with E-state index in [1.165, 1.54) is 0 Å². The van der Waals surface area contributed by atoms with Crippen LogP contribution in [0.1, 0.15) is 46.1 Å². The van der Waals surface area contributed by atoms with Crippen LogP contribution in [0.2, 0.25) is 5.28 Å². The van der Waals surface area contributed by atoms with Crippen molar-refractivity contribution >= 4 is 34.5 Å². The minimum absolute atomic E-state index is 0.313. The molecule has 5 heterocycles. The number of fused-ring (bicyclic) bond motifs is 2. The zero-order valence-electron chi connectivity index (χ0n) is 22.2. The maximum Gasteiger partial charge on any atom is 0.281 e. The number of anilines is 1. The van der Waals surface area contributed by atoms with Gasteiger partial charge in [0.1, 0.15) is 17.0 Å². The molecule has 0 spiro atoms. The van der Waals surface area contributed by atoms with Gasteiger partial charge in [-0.3, -0.25) is 9.36 Å². The first-order valence-corrected chi connectivity index (χ1v) is 13.6. The summed E-state index contributed by atoms with van der Waals surface area (Å²) >= 11 is 5.68. The first-order valence-electron chi connectivity index (χ1n) is 13.2. The number of aryl methyl sites for hydroxylation is 1. The fourth-order valence-electron chi connectivity index (χ4n) is 5.35. The molecule has 7 rings (SSSR count). The largest absolute Gasteiger partial charge is 0.383 e. The zero-order chi connectivity index (χ0) is 29.7. The third kappa shape index (κ3) is 4.73. The Labute approximate surface area is 247 Å². The lowest BCUT2D eigenvalue weighted by Crippen LogP contribution is -2.28. The molecule has 14 heteroatoms. The van der Waals surface area contributed by atoms with Crippen LogP contribution < -0.4 is 11.1 Å². The zero-order valence-corrected chi connectivity index (χ0v) is 23.0. The number of hydrogen-bond acceptors (Lipinski definition) is 8. The summed E-state index contributed by atoms with van der Waals surface area (Å²) in [7, 11) is 0. The van der Waals surface area contributed by atoms with E-state index in [0.717, 1.165) is 23.0 Å². The van der Waals surface area contributed by atoms with Crippen LogP contribution >= 0.6 is 11.6 Å². The van der Waals surface area contributed by atoms with Gasteiger partial charge in [0.15, 0.2) is 17.3 Å². The molecule has 11 nitrogen and oxygen atoms in total. The van der Waals surface area contributed by atoms with E-state index in [0.29, 0.717) is 47.0 Å². The molecule has 3 N–H and O–H groups in total. The van der Waals surface area contributed by atoms with Crippen molar-refractivity contribution in [2.45, 2.75) is 25.3 Å². The van der Waals surface area contributed by atoms with E-state index >= 15 is 0 Å². The number of nitrogen functional groups attached to an aromatic ring is 1. The maximum absolute atomic E-state index is 13.5. The van der Waals surface area contributed by atoms with Crippen molar-refractivity contribution in [1.82, 2.24) is 44.6 Å². The highest BCUT2D eigenvalue weighted by Crippen LogP contribution is 2.36. The van der Waals surface area contributed by atoms with Crippen molar-refractivity contribution in [3.05, 3.63) is 101 Å². The van der Waals surface area contributed by atoms with Crippen molar-refractivity contribution < 1.29 is 13.6 Å². The van der Waals surface area contributed by atoms with Crippen molar-refractivity contribution in [3.63, 3.8) is 0 Å². The number of halogens is 3. The van der Waals surface area contributed by atoms with Crippen LogP contribution in [0.3, 0.4) is 0 Å². The van der Waals surface area contributed by atoms with E-state index in [-0.39, 0.29) is 10.8 Å². The lowest BCUT2D eigenvalue weighted by atomic mass is 10.1. The van der Waals surface area contributed by atoms with Crippen LogP contribution in [0.4, 0.5) is 14.6 Å². The summed E-state index contributed by atoms with van der Waals surface area (Å²) in [5.74, 6) is 0.808. The molecule has 1 amide bonds. The number of amides is 1. The summed E-state index contributed by atoms with van der Waals surface area (Å²) in [6.45, 7) is 0. The molecule has 0 saturated heterocycles. The fraction of sp³-hybridized carbons (Fsp3) is 0.138. The highest BCUT2D eigenvalue weighted by Gasteiger charge is 2.29. The maximum atomic E-state index is 13.5. The van der Waals surface area contributed by atoms with Crippen LogP contribution in [0.25, 0.3) is 34.1 Å². The molecule has 1 aliphatic rings. The second-order valence-corrected chi connectivity index (χ2v) is 10.2. The minimum Gasteiger partial charge on any atom is -0.383 e. The molecule has 6 aromatic rings. The van der Waals surface area contributed by atoms with Gasteiger partial charge in [-0.2, -0.15) is 5.10 Å². The first-order chi connectivity index (χ1) is 20.9. The lowest BCUT2D eigenvalue weighted by molar-refractivity contribution is 0.0919. The Balaban J connectivity index is 1.29. The number of imidazole rings is 1. The quantitative estimate of drug-likeness (QED) is 0.254. The summed E-state index contributed by atoms with van der Waals surface area (Å²) in [4.78, 5) is 34.3. The summed E-state index contributed by atoms with van der Waals surface area (Å²) < 4.78 is 30.7. The average molecular weight is 599 g/mol. The van der Waals surface area contributed by atoms with Crippen LogP contribution in [-0.4, -0.2) is 45.2 Å². The third-order valence-electron chi connectivity index (χ3n) is 7.32. The molecular formula is C29H21ClF2N10O. The number of alkyl halides is 2. The number of aromatic nitrogens is 8. The van der Waals surface area contributed by atoms with E-state index < -0.39 is 24.1 Å². The van der Waals surface area contributed by atoms with Crippen LogP contribution in [0.5, 0.6) is 0 Å². The SMILES string of the molecule is Nc1ncccc1-c1nc2ccc(-n3cccn3)nc2n1-c1ccc2c(c1)CC[C@@H]2NC(=O)c1cnc(Cl)nc1C(F)F. The predicted molar refractivity (Wildman–Crippen MR) is 154 cm³/mol. The van der Waals surface area contributed by atoms with Gasteiger partial charge in [0, 0.05) is 30.5 Å². The average Bonchev–Trinajstić information content (AvgIpc) is 3.76. The van der Waals surface area contributed by atoms with E-state index in [1.54, 1.807) is 29.3 Å². The lowest BCUT2D eigenvalue weighted by Gasteiger charge is -2.16. The fourth-order valence-corrected chi connectivity index (χ4v) is 5.49. The van der Waals surface area contributed by atoms with E-state index in [1.807, 2.05) is 47.0 Å². The minimum atomic E-state index is -2.98. The Morgan fingerprint density at radius 2 is 1.95 bits per heavy atom. The molecule has 1 aliphatic carbocycles. The first kappa shape index (κ1) is 26.6. The van der Waals surface area contributed by atoms with Crippen LogP contribution in [0, 0.1) is 0 Å². The van der Waals surface area contributed by atoms with Crippen molar-refractivity contribution in [1.29, 1.82) is 0 Å². The molecule has 1 atom stereocenters. The van der Waals surface area contributed by atoms with Gasteiger partial charge in [-0.05, 0) is 78.0 Å². The standard InChI is InChI=1S/C29H21ClF2N10O/c30-29-35-14-19(23(40-29)24(31)32)28(43)38-20-7-4-15-13-16(5-6-17(15)20)42-26(18-3-1-10-34-25(18)33)37-21-8-9-22(39-27(21)42)41-12-2-11-36-41/h1-3,5-6,8-14,20,24H,4,7H2,(H2,33,34)(H,38,43)/t20-/m0/s1. The smallest absolute Gasteiger partial charge is 0.281 e. The van der Waals surface area contributed by atoms with Gasteiger partial charge in [-0.15, -0.1) is 0 Å². The summed E-state index contributed by atoms with van der Waals surface area (Å²) in [6, 6.07) is 14.6. The van der Waals surface area contributed by atoms with Crippen LogP contribution in [0.15, 0.2) is 73.3 Å². The summed E-state index contributed by atoms with van der Waals surface area (Å²) in [5, 5.41) is 6.80. The highest BCUT2D eigenvalue weighted by molar-refractivity contribution is 6.28. The number of nitrogens with zero attached hydrogens (tertiary/aromatic N) is 8.